The molecule has 2 fully saturated rings. The molecule has 1 atom stereocenters. The van der Waals surface area contributed by atoms with Crippen LogP contribution < -0.4 is 9.80 Å². The van der Waals surface area contributed by atoms with E-state index in [0.717, 1.165) is 85.1 Å². The fraction of sp³-hybridized carbons (Fsp3) is 0.562. The van der Waals surface area contributed by atoms with Gasteiger partial charge in [-0.1, -0.05) is 19.9 Å². The summed E-state index contributed by atoms with van der Waals surface area (Å²) in [7, 11) is 1.84. The average Bonchev–Trinajstić information content (AvgIpc) is 3.62. The van der Waals surface area contributed by atoms with Crippen molar-refractivity contribution in [1.82, 2.24) is 29.9 Å². The molecule has 5 heterocycles. The number of hydrogen-bond acceptors (Lipinski definition) is 7. The Balaban J connectivity index is 1.35. The van der Waals surface area contributed by atoms with E-state index < -0.39 is 0 Å². The molecule has 0 bridgehead atoms. The van der Waals surface area contributed by atoms with Gasteiger partial charge in [0.1, 0.15) is 11.6 Å². The molecule has 0 amide bonds. The Labute approximate surface area is 242 Å². The van der Waals surface area contributed by atoms with Crippen molar-refractivity contribution >= 4 is 22.5 Å². The van der Waals surface area contributed by atoms with E-state index in [9.17, 15) is 0 Å². The fourth-order valence-corrected chi connectivity index (χ4v) is 7.07. The number of piperidine rings is 1. The monoisotopic (exact) mass is 554 g/mol. The predicted molar refractivity (Wildman–Crippen MR) is 163 cm³/mol. The zero-order valence-corrected chi connectivity index (χ0v) is 25.3. The van der Waals surface area contributed by atoms with Crippen LogP contribution in [0.5, 0.6) is 0 Å². The van der Waals surface area contributed by atoms with Crippen LogP contribution in [0.15, 0.2) is 18.2 Å². The van der Waals surface area contributed by atoms with Gasteiger partial charge in [-0.3, -0.25) is 5.10 Å². The van der Waals surface area contributed by atoms with Crippen LogP contribution in [0.25, 0.3) is 22.3 Å². The van der Waals surface area contributed by atoms with Gasteiger partial charge in [0, 0.05) is 85.9 Å². The van der Waals surface area contributed by atoms with Crippen molar-refractivity contribution in [2.75, 3.05) is 36.5 Å². The summed E-state index contributed by atoms with van der Waals surface area (Å²) in [5.74, 6) is 3.74. The van der Waals surface area contributed by atoms with Crippen molar-refractivity contribution in [1.29, 1.82) is 0 Å². The lowest BCUT2D eigenvalue weighted by molar-refractivity contribution is -0.00647. The molecule has 9 nitrogen and oxygen atoms in total. The van der Waals surface area contributed by atoms with E-state index in [4.69, 9.17) is 19.8 Å². The topological polar surface area (TPSA) is 88.0 Å². The van der Waals surface area contributed by atoms with Gasteiger partial charge < -0.3 is 14.5 Å². The minimum atomic E-state index is 0.0103. The third-order valence-electron chi connectivity index (χ3n) is 9.48. The Morgan fingerprint density at radius 3 is 2.63 bits per heavy atom. The van der Waals surface area contributed by atoms with E-state index in [2.05, 4.69) is 77.5 Å². The molecular formula is C32H42N8O. The average molecular weight is 555 g/mol. The van der Waals surface area contributed by atoms with Crippen LogP contribution in [0, 0.1) is 19.3 Å². The Hall–Kier alpha value is -3.46. The van der Waals surface area contributed by atoms with Crippen molar-refractivity contribution < 1.29 is 4.74 Å². The van der Waals surface area contributed by atoms with E-state index in [1.54, 1.807) is 0 Å². The second kappa shape index (κ2) is 9.82. The number of fused-ring (bicyclic) bond motifs is 2. The van der Waals surface area contributed by atoms with Crippen LogP contribution >= 0.6 is 0 Å². The molecule has 1 aliphatic carbocycles. The van der Waals surface area contributed by atoms with E-state index in [1.807, 2.05) is 7.11 Å². The Bertz CT molecular complexity index is 1610. The molecule has 0 unspecified atom stereocenters. The maximum atomic E-state index is 5.90. The Morgan fingerprint density at radius 2 is 1.90 bits per heavy atom. The van der Waals surface area contributed by atoms with Crippen molar-refractivity contribution in [3.8, 4) is 11.4 Å². The van der Waals surface area contributed by atoms with E-state index >= 15 is 0 Å². The number of aromatic amines is 1. The Morgan fingerprint density at radius 1 is 1.07 bits per heavy atom. The number of aromatic nitrogens is 6. The van der Waals surface area contributed by atoms with Crippen molar-refractivity contribution in [3.05, 3.63) is 46.4 Å². The second-order valence-corrected chi connectivity index (χ2v) is 12.9. The van der Waals surface area contributed by atoms with Gasteiger partial charge in [-0.25, -0.2) is 14.6 Å². The Kier molecular flexibility index (Phi) is 6.34. The van der Waals surface area contributed by atoms with Gasteiger partial charge in [0.15, 0.2) is 5.82 Å². The van der Waals surface area contributed by atoms with E-state index in [-0.39, 0.29) is 11.5 Å². The highest BCUT2D eigenvalue weighted by Gasteiger charge is 2.39. The van der Waals surface area contributed by atoms with Crippen molar-refractivity contribution in [2.24, 2.45) is 5.41 Å². The number of rotatable bonds is 6. The molecule has 1 saturated heterocycles. The van der Waals surface area contributed by atoms with Gasteiger partial charge in [-0.05, 0) is 51.7 Å². The SMILES string of the molecule is CCn1nc(C2CC2)cc1N1CCc2nc(-c3c(C)ccc4n[nH]c(C)c34)nc(N3CC[C@@H](OC)C(C)(C)C3)c2C1. The summed E-state index contributed by atoms with van der Waals surface area (Å²) in [5.41, 5.74) is 7.94. The first-order valence-corrected chi connectivity index (χ1v) is 15.2. The number of nitrogens with zero attached hydrogens (tertiary/aromatic N) is 7. The largest absolute Gasteiger partial charge is 0.381 e. The maximum Gasteiger partial charge on any atom is 0.162 e. The minimum Gasteiger partial charge on any atom is -0.381 e. The minimum absolute atomic E-state index is 0.0103. The summed E-state index contributed by atoms with van der Waals surface area (Å²) in [6, 6.07) is 6.55. The van der Waals surface area contributed by atoms with Gasteiger partial charge in [0.25, 0.3) is 0 Å². The molecule has 2 aliphatic heterocycles. The molecule has 7 rings (SSSR count). The number of hydrogen-bond donors (Lipinski definition) is 1. The zero-order chi connectivity index (χ0) is 28.5. The van der Waals surface area contributed by atoms with Crippen LogP contribution in [-0.4, -0.2) is 62.8 Å². The molecule has 0 radical (unpaired) electrons. The van der Waals surface area contributed by atoms with Crippen molar-refractivity contribution in [3.63, 3.8) is 0 Å². The third-order valence-corrected chi connectivity index (χ3v) is 9.48. The lowest BCUT2D eigenvalue weighted by Crippen LogP contribution is -2.50. The quantitative estimate of drug-likeness (QED) is 0.335. The zero-order valence-electron chi connectivity index (χ0n) is 25.3. The van der Waals surface area contributed by atoms with E-state index in [0.29, 0.717) is 5.92 Å². The molecule has 4 aromatic rings. The standard InChI is InChI=1S/C32H42N8O/c1-7-40-27(16-25(37-40)21-9-10-21)38-14-12-23-22(17-38)31(39-15-13-26(41-6)32(4,5)18-39)34-30(33-23)28-19(2)8-11-24-29(28)20(3)35-36-24/h8,11,16,21,26H,7,9-10,12-15,17-18H2,1-6H3,(H,35,36)/t26-/m1/s1. The van der Waals surface area contributed by atoms with Gasteiger partial charge in [0.05, 0.1) is 23.0 Å². The van der Waals surface area contributed by atoms with E-state index in [1.165, 1.54) is 35.5 Å². The lowest BCUT2D eigenvalue weighted by Gasteiger charge is -2.45. The number of benzene rings is 1. The summed E-state index contributed by atoms with van der Waals surface area (Å²) in [6.07, 6.45) is 4.61. The molecule has 9 heteroatoms. The van der Waals surface area contributed by atoms with Crippen LogP contribution in [-0.2, 0) is 24.2 Å². The molecular weight excluding hydrogens is 512 g/mol. The number of H-pyrrole nitrogens is 1. The fourth-order valence-electron chi connectivity index (χ4n) is 7.07. The van der Waals surface area contributed by atoms with Crippen LogP contribution in [0.2, 0.25) is 0 Å². The highest BCUT2D eigenvalue weighted by atomic mass is 16.5. The second-order valence-electron chi connectivity index (χ2n) is 12.9. The van der Waals surface area contributed by atoms with Gasteiger partial charge in [-0.2, -0.15) is 10.2 Å². The molecule has 0 spiro atoms. The summed E-state index contributed by atoms with van der Waals surface area (Å²) in [5, 5.41) is 13.8. The number of methoxy groups -OCH3 is 1. The molecule has 41 heavy (non-hydrogen) atoms. The van der Waals surface area contributed by atoms with Crippen LogP contribution in [0.3, 0.4) is 0 Å². The van der Waals surface area contributed by atoms with Gasteiger partial charge in [-0.15, -0.1) is 0 Å². The summed E-state index contributed by atoms with van der Waals surface area (Å²) in [6.45, 7) is 15.4. The highest BCUT2D eigenvalue weighted by Crippen LogP contribution is 2.42. The van der Waals surface area contributed by atoms with Crippen molar-refractivity contribution in [2.45, 2.75) is 85.4 Å². The first-order chi connectivity index (χ1) is 19.8. The number of anilines is 2. The number of aryl methyl sites for hydroxylation is 3. The highest BCUT2D eigenvalue weighted by molar-refractivity contribution is 5.96. The maximum absolute atomic E-state index is 5.90. The summed E-state index contributed by atoms with van der Waals surface area (Å²) < 4.78 is 8.09. The molecule has 1 aromatic carbocycles. The molecule has 216 valence electrons. The molecule has 1 N–H and O–H groups in total. The number of ether oxygens (including phenoxy) is 1. The number of nitrogens with one attached hydrogen (secondary N) is 1. The normalized spacial score (nSPS) is 20.6. The lowest BCUT2D eigenvalue weighted by atomic mass is 9.81. The summed E-state index contributed by atoms with van der Waals surface area (Å²) in [4.78, 5) is 15.7. The molecule has 3 aromatic heterocycles. The first kappa shape index (κ1) is 26.4. The smallest absolute Gasteiger partial charge is 0.162 e. The van der Waals surface area contributed by atoms with Gasteiger partial charge >= 0.3 is 0 Å². The van der Waals surface area contributed by atoms with Gasteiger partial charge in [0.2, 0.25) is 0 Å². The third kappa shape index (κ3) is 4.49. The van der Waals surface area contributed by atoms with Crippen LogP contribution in [0.4, 0.5) is 11.6 Å². The first-order valence-electron chi connectivity index (χ1n) is 15.2. The molecule has 1 saturated carbocycles. The molecule has 3 aliphatic rings. The predicted octanol–water partition coefficient (Wildman–Crippen LogP) is 5.54. The van der Waals surface area contributed by atoms with Crippen LogP contribution in [0.1, 0.15) is 74.2 Å². The summed E-state index contributed by atoms with van der Waals surface area (Å²) >= 11 is 0.